The van der Waals surface area contributed by atoms with Crippen LogP contribution in [-0.4, -0.2) is 22.8 Å². The smallest absolute Gasteiger partial charge is 0.374 e. The fourth-order valence-electron chi connectivity index (χ4n) is 1.31. The number of benzene rings is 1. The summed E-state index contributed by atoms with van der Waals surface area (Å²) in [6.45, 7) is 0.0460. The first-order valence-electron chi connectivity index (χ1n) is 5.55. The van der Waals surface area contributed by atoms with E-state index in [0.717, 1.165) is 5.56 Å². The third-order valence-corrected chi connectivity index (χ3v) is 2.23. The van der Waals surface area contributed by atoms with Gasteiger partial charge in [-0.1, -0.05) is 30.3 Å². The minimum absolute atomic E-state index is 0.0460. The van der Waals surface area contributed by atoms with Crippen LogP contribution >= 0.6 is 0 Å². The minimum Gasteiger partial charge on any atom is -0.481 e. The van der Waals surface area contributed by atoms with Gasteiger partial charge in [0.05, 0.1) is 0 Å². The van der Waals surface area contributed by atoms with Gasteiger partial charge in [-0.3, -0.25) is 9.59 Å². The van der Waals surface area contributed by atoms with Crippen LogP contribution in [0.15, 0.2) is 30.3 Å². The molecule has 1 N–H and O–H groups in total. The number of ketones is 1. The fraction of sp³-hybridized carbons (Fsp3) is 0.308. The number of aliphatic carboxylic acids is 1. The van der Waals surface area contributed by atoms with Crippen LogP contribution in [0.25, 0.3) is 0 Å². The van der Waals surface area contributed by atoms with Crippen molar-refractivity contribution >= 4 is 17.7 Å². The van der Waals surface area contributed by atoms with Crippen molar-refractivity contribution in [3.8, 4) is 0 Å². The highest BCUT2D eigenvalue weighted by Crippen LogP contribution is 2.03. The normalized spacial score (nSPS) is 9.78. The van der Waals surface area contributed by atoms with Gasteiger partial charge < -0.3 is 9.84 Å². The molecule has 1 aromatic carbocycles. The zero-order chi connectivity index (χ0) is 13.4. The second-order valence-corrected chi connectivity index (χ2v) is 3.73. The summed E-state index contributed by atoms with van der Waals surface area (Å²) in [5.74, 6) is -2.59. The Morgan fingerprint density at radius 1 is 1.06 bits per heavy atom. The Morgan fingerprint density at radius 2 is 1.72 bits per heavy atom. The molecule has 5 nitrogen and oxygen atoms in total. The first-order chi connectivity index (χ1) is 8.59. The molecule has 0 spiro atoms. The predicted molar refractivity (Wildman–Crippen MR) is 62.7 cm³/mol. The Kier molecular flexibility index (Phi) is 5.57. The highest BCUT2D eigenvalue weighted by atomic mass is 16.5. The zero-order valence-corrected chi connectivity index (χ0v) is 9.80. The summed E-state index contributed by atoms with van der Waals surface area (Å²) < 4.78 is 4.81. The lowest BCUT2D eigenvalue weighted by atomic mass is 10.2. The summed E-state index contributed by atoms with van der Waals surface area (Å²) in [6, 6.07) is 9.00. The maximum atomic E-state index is 11.3. The third-order valence-electron chi connectivity index (χ3n) is 2.23. The second-order valence-electron chi connectivity index (χ2n) is 3.73. The molecule has 0 aliphatic carbocycles. The zero-order valence-electron chi connectivity index (χ0n) is 9.80. The molecule has 5 heteroatoms. The number of carboxylic acids is 1. The molecule has 0 radical (unpaired) electrons. The summed E-state index contributed by atoms with van der Waals surface area (Å²) in [5.41, 5.74) is 0.796. The lowest BCUT2D eigenvalue weighted by Crippen LogP contribution is -2.17. The number of rotatable bonds is 7. The molecular formula is C13H14O5. The molecule has 0 saturated heterocycles. The van der Waals surface area contributed by atoms with Gasteiger partial charge in [0.2, 0.25) is 5.78 Å². The quantitative estimate of drug-likeness (QED) is 0.586. The molecular weight excluding hydrogens is 236 g/mol. The Labute approximate surface area is 104 Å². The number of Topliss-reactive ketones (excluding diaryl/α,β-unsaturated/α-hetero) is 1. The molecule has 0 aliphatic heterocycles. The molecule has 0 atom stereocenters. The Hall–Kier alpha value is -2.17. The van der Waals surface area contributed by atoms with Gasteiger partial charge in [0.15, 0.2) is 0 Å². The Bertz CT molecular complexity index is 424. The maximum absolute atomic E-state index is 11.3. The van der Waals surface area contributed by atoms with E-state index in [2.05, 4.69) is 0 Å². The lowest BCUT2D eigenvalue weighted by Gasteiger charge is -2.03. The number of ether oxygens (including phenoxy) is 1. The standard InChI is InChI=1S/C13H14O5/c14-11(7-4-8-12(15)16)13(17)18-9-10-5-2-1-3-6-10/h1-3,5-6H,4,7-9H2,(H,15,16). The molecule has 96 valence electrons. The first-order valence-corrected chi connectivity index (χ1v) is 5.55. The summed E-state index contributed by atoms with van der Waals surface area (Å²) in [5, 5.41) is 8.39. The van der Waals surface area contributed by atoms with E-state index in [1.165, 1.54) is 0 Å². The largest absolute Gasteiger partial charge is 0.481 e. The van der Waals surface area contributed by atoms with Crippen LogP contribution in [0.1, 0.15) is 24.8 Å². The molecule has 1 aromatic rings. The van der Waals surface area contributed by atoms with Gasteiger partial charge in [-0.05, 0) is 12.0 Å². The topological polar surface area (TPSA) is 80.7 Å². The monoisotopic (exact) mass is 250 g/mol. The lowest BCUT2D eigenvalue weighted by molar-refractivity contribution is -0.155. The van der Waals surface area contributed by atoms with Crippen molar-refractivity contribution in [2.75, 3.05) is 0 Å². The van der Waals surface area contributed by atoms with E-state index in [1.54, 1.807) is 24.3 Å². The van der Waals surface area contributed by atoms with E-state index in [4.69, 9.17) is 9.84 Å². The van der Waals surface area contributed by atoms with Gasteiger partial charge in [0.1, 0.15) is 6.61 Å². The number of esters is 1. The average molecular weight is 250 g/mol. The van der Waals surface area contributed by atoms with Crippen LogP contribution in [0.2, 0.25) is 0 Å². The predicted octanol–water partition coefficient (Wildman–Crippen LogP) is 1.55. The molecule has 0 unspecified atom stereocenters. The van der Waals surface area contributed by atoms with Crippen molar-refractivity contribution in [1.82, 2.24) is 0 Å². The molecule has 18 heavy (non-hydrogen) atoms. The molecule has 0 heterocycles. The summed E-state index contributed by atoms with van der Waals surface area (Å²) in [6.07, 6.45) is -0.0772. The van der Waals surface area contributed by atoms with E-state index in [1.807, 2.05) is 6.07 Å². The number of carboxylic acid groups (broad SMARTS) is 1. The second kappa shape index (κ2) is 7.21. The Balaban J connectivity index is 2.28. The van der Waals surface area contributed by atoms with Crippen molar-refractivity contribution in [2.45, 2.75) is 25.9 Å². The number of hydrogen-bond acceptors (Lipinski definition) is 4. The fourth-order valence-corrected chi connectivity index (χ4v) is 1.31. The minimum atomic E-state index is -0.986. The van der Waals surface area contributed by atoms with E-state index < -0.39 is 17.7 Å². The van der Waals surface area contributed by atoms with Crippen LogP contribution in [0, 0.1) is 0 Å². The summed E-state index contributed by atoms with van der Waals surface area (Å²) in [4.78, 5) is 32.8. The van der Waals surface area contributed by atoms with Crippen LogP contribution < -0.4 is 0 Å². The van der Waals surface area contributed by atoms with E-state index in [-0.39, 0.29) is 25.9 Å². The molecule has 0 aromatic heterocycles. The van der Waals surface area contributed by atoms with Gasteiger partial charge in [0, 0.05) is 12.8 Å². The molecule has 1 rings (SSSR count). The molecule has 0 bridgehead atoms. The molecule has 0 amide bonds. The van der Waals surface area contributed by atoms with E-state index >= 15 is 0 Å². The van der Waals surface area contributed by atoms with Gasteiger partial charge in [-0.25, -0.2) is 4.79 Å². The van der Waals surface area contributed by atoms with Crippen LogP contribution in [0.5, 0.6) is 0 Å². The van der Waals surface area contributed by atoms with Crippen LogP contribution in [-0.2, 0) is 25.7 Å². The maximum Gasteiger partial charge on any atom is 0.374 e. The van der Waals surface area contributed by atoms with Crippen molar-refractivity contribution in [1.29, 1.82) is 0 Å². The van der Waals surface area contributed by atoms with Crippen molar-refractivity contribution < 1.29 is 24.2 Å². The van der Waals surface area contributed by atoms with Crippen molar-refractivity contribution in [2.24, 2.45) is 0 Å². The number of carbonyl (C=O) groups is 3. The molecule has 0 aliphatic rings. The van der Waals surface area contributed by atoms with E-state index in [0.29, 0.717) is 0 Å². The highest BCUT2D eigenvalue weighted by molar-refractivity contribution is 6.33. The highest BCUT2D eigenvalue weighted by Gasteiger charge is 2.15. The van der Waals surface area contributed by atoms with Gasteiger partial charge in [0.25, 0.3) is 0 Å². The molecule has 0 fully saturated rings. The van der Waals surface area contributed by atoms with Gasteiger partial charge in [-0.15, -0.1) is 0 Å². The summed E-state index contributed by atoms with van der Waals surface area (Å²) in [7, 11) is 0. The number of carbonyl (C=O) groups excluding carboxylic acids is 2. The molecule has 0 saturated carbocycles. The third kappa shape index (κ3) is 5.25. The summed E-state index contributed by atoms with van der Waals surface area (Å²) >= 11 is 0. The van der Waals surface area contributed by atoms with E-state index in [9.17, 15) is 14.4 Å². The van der Waals surface area contributed by atoms with Gasteiger partial charge in [-0.2, -0.15) is 0 Å². The number of hydrogen-bond donors (Lipinski definition) is 1. The van der Waals surface area contributed by atoms with Crippen molar-refractivity contribution in [3.63, 3.8) is 0 Å². The van der Waals surface area contributed by atoms with Crippen LogP contribution in [0.3, 0.4) is 0 Å². The average Bonchev–Trinajstić information content (AvgIpc) is 2.36. The van der Waals surface area contributed by atoms with Crippen LogP contribution in [0.4, 0.5) is 0 Å². The first kappa shape index (κ1) is 13.9. The Morgan fingerprint density at radius 3 is 2.33 bits per heavy atom. The SMILES string of the molecule is O=C(O)CCCC(=O)C(=O)OCc1ccccc1. The van der Waals surface area contributed by atoms with Gasteiger partial charge >= 0.3 is 11.9 Å². The van der Waals surface area contributed by atoms with Crippen molar-refractivity contribution in [3.05, 3.63) is 35.9 Å².